The molecule has 55 heavy (non-hydrogen) atoms. The Labute approximate surface area is 316 Å². The van der Waals surface area contributed by atoms with Crippen LogP contribution in [0.3, 0.4) is 0 Å². The van der Waals surface area contributed by atoms with Crippen LogP contribution >= 0.6 is 0 Å². The second-order valence-electron chi connectivity index (χ2n) is 14.9. The highest BCUT2D eigenvalue weighted by Crippen LogP contribution is 2.48. The summed E-state index contributed by atoms with van der Waals surface area (Å²) in [5.41, 5.74) is 16.0. The lowest BCUT2D eigenvalue weighted by Crippen LogP contribution is -1.97. The second kappa shape index (κ2) is 10.6. The molecule has 0 saturated carbocycles. The average molecular weight is 698 g/mol. The van der Waals surface area contributed by atoms with E-state index in [4.69, 9.17) is 0 Å². The molecule has 3 aromatic heterocycles. The summed E-state index contributed by atoms with van der Waals surface area (Å²) in [5.74, 6) is 0. The Bertz CT molecular complexity index is 3560. The van der Waals surface area contributed by atoms with Crippen molar-refractivity contribution < 1.29 is 0 Å². The lowest BCUT2D eigenvalue weighted by Gasteiger charge is -2.13. The van der Waals surface area contributed by atoms with E-state index >= 15 is 0 Å². The summed E-state index contributed by atoms with van der Waals surface area (Å²) < 4.78 is 7.32. The first kappa shape index (κ1) is 29.1. The van der Waals surface area contributed by atoms with Crippen LogP contribution < -0.4 is 0 Å². The predicted octanol–water partition coefficient (Wildman–Crippen LogP) is 13.8. The van der Waals surface area contributed by atoms with E-state index in [9.17, 15) is 0 Å². The number of benzene rings is 9. The topological polar surface area (TPSA) is 14.8 Å². The van der Waals surface area contributed by atoms with Gasteiger partial charge in [-0.3, -0.25) is 0 Å². The lowest BCUT2D eigenvalue weighted by molar-refractivity contribution is 1.16. The number of fused-ring (bicyclic) bond motifs is 12. The van der Waals surface area contributed by atoms with Gasteiger partial charge in [0.1, 0.15) is 0 Å². The van der Waals surface area contributed by atoms with Crippen LogP contribution in [0.4, 0.5) is 0 Å². The van der Waals surface area contributed by atoms with Crippen molar-refractivity contribution in [2.45, 2.75) is 0 Å². The van der Waals surface area contributed by atoms with Crippen molar-refractivity contribution in [2.75, 3.05) is 0 Å². The molecule has 3 heterocycles. The smallest absolute Gasteiger partial charge is 0.0542 e. The van der Waals surface area contributed by atoms with E-state index in [1.54, 1.807) is 0 Å². The van der Waals surface area contributed by atoms with Gasteiger partial charge in [0.25, 0.3) is 0 Å². The maximum Gasteiger partial charge on any atom is 0.0542 e. The van der Waals surface area contributed by atoms with Crippen molar-refractivity contribution in [2.24, 2.45) is 0 Å². The van der Waals surface area contributed by atoms with Crippen LogP contribution in [-0.2, 0) is 0 Å². The summed E-state index contributed by atoms with van der Waals surface area (Å²) in [5, 5.41) is 10.1. The standard InChI is InChI=1S/C52H31N3/c1-2-14-37-36(13-1)42-19-11-12-32-28-35(31-45(37)52(32)42)55-49-23-10-6-18-41(49)44-30-34(25-27-51(44)55)54-48-22-9-5-17-40(48)43-29-33(24-26-50(43)54)53-46-20-7-3-15-38(46)39-16-4-8-21-47(39)53/h1-31H. The highest BCUT2D eigenvalue weighted by molar-refractivity contribution is 6.17. The van der Waals surface area contributed by atoms with Crippen LogP contribution in [0, 0.1) is 0 Å². The summed E-state index contributed by atoms with van der Waals surface area (Å²) >= 11 is 0. The zero-order chi connectivity index (χ0) is 35.8. The minimum atomic E-state index is 1.15. The van der Waals surface area contributed by atoms with Gasteiger partial charge in [-0.1, -0.05) is 115 Å². The van der Waals surface area contributed by atoms with E-state index < -0.39 is 0 Å². The Hall–Kier alpha value is -7.36. The molecule has 0 spiro atoms. The number of aromatic nitrogens is 3. The third kappa shape index (κ3) is 3.84. The SMILES string of the molecule is c1ccc2c(c1)-c1cccc3cc(-n4c5ccccc5c5cc(-n6c7ccccc7c7cc(-n8c9ccccc9c9ccccc98)ccc76)ccc54)cc-2c13. The fraction of sp³-hybridized carbons (Fsp3) is 0. The van der Waals surface area contributed by atoms with Gasteiger partial charge in [0.2, 0.25) is 0 Å². The molecule has 1 aliphatic carbocycles. The molecule has 0 aliphatic heterocycles. The van der Waals surface area contributed by atoms with Crippen molar-refractivity contribution in [3.8, 4) is 39.3 Å². The van der Waals surface area contributed by atoms with Gasteiger partial charge in [-0.05, 0) is 106 Å². The summed E-state index contributed by atoms with van der Waals surface area (Å²) in [6.45, 7) is 0. The summed E-state index contributed by atoms with van der Waals surface area (Å²) in [7, 11) is 0. The molecule has 0 unspecified atom stereocenters. The number of para-hydroxylation sites is 4. The maximum atomic E-state index is 2.46. The highest BCUT2D eigenvalue weighted by Gasteiger charge is 2.23. The van der Waals surface area contributed by atoms with Crippen LogP contribution in [0.5, 0.6) is 0 Å². The molecular formula is C52H31N3. The molecule has 0 amide bonds. The van der Waals surface area contributed by atoms with Crippen LogP contribution in [0.25, 0.3) is 116 Å². The monoisotopic (exact) mass is 697 g/mol. The minimum absolute atomic E-state index is 1.15. The number of hydrogen-bond donors (Lipinski definition) is 0. The molecule has 254 valence electrons. The summed E-state index contributed by atoms with van der Waals surface area (Å²) in [6.07, 6.45) is 0. The van der Waals surface area contributed by atoms with Crippen molar-refractivity contribution in [3.63, 3.8) is 0 Å². The fourth-order valence-corrected chi connectivity index (χ4v) is 9.89. The van der Waals surface area contributed by atoms with Gasteiger partial charge >= 0.3 is 0 Å². The lowest BCUT2D eigenvalue weighted by atomic mass is 10.0. The molecule has 0 fully saturated rings. The predicted molar refractivity (Wildman–Crippen MR) is 231 cm³/mol. The molecule has 0 radical (unpaired) electrons. The quantitative estimate of drug-likeness (QED) is 0.175. The Morgan fingerprint density at radius 2 is 0.636 bits per heavy atom. The summed E-state index contributed by atoms with van der Waals surface area (Å²) in [6, 6.07) is 69.5. The van der Waals surface area contributed by atoms with Crippen LogP contribution in [0.2, 0.25) is 0 Å². The molecule has 0 bridgehead atoms. The third-order valence-electron chi connectivity index (χ3n) is 12.1. The van der Waals surface area contributed by atoms with Crippen LogP contribution in [0.15, 0.2) is 188 Å². The van der Waals surface area contributed by atoms with Crippen molar-refractivity contribution in [1.82, 2.24) is 13.7 Å². The molecule has 13 rings (SSSR count). The van der Waals surface area contributed by atoms with Gasteiger partial charge < -0.3 is 13.7 Å². The highest BCUT2D eigenvalue weighted by atomic mass is 15.0. The zero-order valence-corrected chi connectivity index (χ0v) is 29.7. The van der Waals surface area contributed by atoms with Crippen molar-refractivity contribution in [3.05, 3.63) is 188 Å². The largest absolute Gasteiger partial charge is 0.309 e. The fourth-order valence-electron chi connectivity index (χ4n) is 9.89. The van der Waals surface area contributed by atoms with Crippen LogP contribution in [-0.4, -0.2) is 13.7 Å². The zero-order valence-electron chi connectivity index (χ0n) is 29.7. The minimum Gasteiger partial charge on any atom is -0.309 e. The van der Waals surface area contributed by atoms with E-state index in [1.165, 1.54) is 110 Å². The molecule has 1 aliphatic rings. The third-order valence-corrected chi connectivity index (χ3v) is 12.1. The average Bonchev–Trinajstić information content (AvgIpc) is 3.96. The second-order valence-corrected chi connectivity index (χ2v) is 14.9. The Kier molecular flexibility index (Phi) is 5.63. The van der Waals surface area contributed by atoms with Crippen molar-refractivity contribution in [1.29, 1.82) is 0 Å². The maximum absolute atomic E-state index is 2.46. The van der Waals surface area contributed by atoms with E-state index in [2.05, 4.69) is 202 Å². The van der Waals surface area contributed by atoms with Gasteiger partial charge in [0, 0.05) is 49.4 Å². The van der Waals surface area contributed by atoms with Gasteiger partial charge in [-0.2, -0.15) is 0 Å². The number of nitrogens with zero attached hydrogens (tertiary/aromatic N) is 3. The molecule has 0 saturated heterocycles. The molecule has 0 N–H and O–H groups in total. The molecule has 12 aromatic rings. The Morgan fingerprint density at radius 3 is 1.16 bits per heavy atom. The normalized spacial score (nSPS) is 12.4. The van der Waals surface area contributed by atoms with E-state index in [1.807, 2.05) is 0 Å². The van der Waals surface area contributed by atoms with Gasteiger partial charge in [0.15, 0.2) is 0 Å². The molecule has 9 aromatic carbocycles. The number of rotatable bonds is 3. The molecule has 3 nitrogen and oxygen atoms in total. The Balaban J connectivity index is 1.04. The molecule has 0 atom stereocenters. The first-order chi connectivity index (χ1) is 27.3. The number of hydrogen-bond acceptors (Lipinski definition) is 0. The molecule has 3 heteroatoms. The molecular weight excluding hydrogens is 667 g/mol. The van der Waals surface area contributed by atoms with Crippen LogP contribution in [0.1, 0.15) is 0 Å². The van der Waals surface area contributed by atoms with Gasteiger partial charge in [0.05, 0.1) is 33.1 Å². The van der Waals surface area contributed by atoms with E-state index in [-0.39, 0.29) is 0 Å². The van der Waals surface area contributed by atoms with Gasteiger partial charge in [-0.15, -0.1) is 0 Å². The summed E-state index contributed by atoms with van der Waals surface area (Å²) in [4.78, 5) is 0. The van der Waals surface area contributed by atoms with Gasteiger partial charge in [-0.25, -0.2) is 0 Å². The Morgan fingerprint density at radius 1 is 0.236 bits per heavy atom. The first-order valence-corrected chi connectivity index (χ1v) is 19.0. The first-order valence-electron chi connectivity index (χ1n) is 19.0. The van der Waals surface area contributed by atoms with E-state index in [0.717, 1.165) is 5.69 Å². The van der Waals surface area contributed by atoms with E-state index in [0.29, 0.717) is 0 Å². The van der Waals surface area contributed by atoms with Crippen molar-refractivity contribution >= 4 is 76.2 Å².